The standard InChI is InChI=1S/C63H37N5/c64-38-40-28-30-41(31-29-40)44-15-7-21-50(35-44)62-66-61(43-12-2-1-3-13-43)67-63(68-62)51-22-8-17-46(36-51)45-16-6-18-47(34-45)52-25-11-26-53(58(52)39-65)48-19-9-20-49(37-48)54-33-32-42-14-10-27-56-55-23-4-5-24-57(55)60(54)59(42)56/h1-37H. The zero-order chi connectivity index (χ0) is 45.6. The van der Waals surface area contributed by atoms with E-state index in [1.54, 1.807) is 0 Å². The molecule has 68 heavy (non-hydrogen) atoms. The van der Waals surface area contributed by atoms with Gasteiger partial charge in [0.15, 0.2) is 17.5 Å². The zero-order valence-corrected chi connectivity index (χ0v) is 36.6. The van der Waals surface area contributed by atoms with Gasteiger partial charge in [-0.2, -0.15) is 10.5 Å². The molecule has 0 spiro atoms. The van der Waals surface area contributed by atoms with E-state index in [1.807, 2.05) is 97.1 Å². The largest absolute Gasteiger partial charge is 0.208 e. The van der Waals surface area contributed by atoms with E-state index in [4.69, 9.17) is 15.0 Å². The topological polar surface area (TPSA) is 86.2 Å². The van der Waals surface area contributed by atoms with Gasteiger partial charge >= 0.3 is 0 Å². The third-order valence-corrected chi connectivity index (χ3v) is 13.0. The summed E-state index contributed by atoms with van der Waals surface area (Å²) in [5.41, 5.74) is 18.9. The summed E-state index contributed by atoms with van der Waals surface area (Å²) in [6.45, 7) is 0. The predicted octanol–water partition coefficient (Wildman–Crippen LogP) is 15.8. The number of nitriles is 2. The van der Waals surface area contributed by atoms with Crippen LogP contribution in [0.3, 0.4) is 0 Å². The van der Waals surface area contributed by atoms with Crippen LogP contribution in [0.5, 0.6) is 0 Å². The Balaban J connectivity index is 0.901. The van der Waals surface area contributed by atoms with Crippen LogP contribution in [0.4, 0.5) is 0 Å². The molecule has 314 valence electrons. The molecule has 0 atom stereocenters. The van der Waals surface area contributed by atoms with Crippen molar-refractivity contribution in [2.75, 3.05) is 0 Å². The molecule has 1 heterocycles. The van der Waals surface area contributed by atoms with Gasteiger partial charge in [0, 0.05) is 27.8 Å². The molecule has 0 N–H and O–H groups in total. The van der Waals surface area contributed by atoms with E-state index in [9.17, 15) is 10.5 Å². The van der Waals surface area contributed by atoms with Gasteiger partial charge in [-0.1, -0.05) is 188 Å². The summed E-state index contributed by atoms with van der Waals surface area (Å²) in [7, 11) is 0. The predicted molar refractivity (Wildman–Crippen MR) is 275 cm³/mol. The van der Waals surface area contributed by atoms with Gasteiger partial charge in [-0.25, -0.2) is 15.0 Å². The van der Waals surface area contributed by atoms with E-state index < -0.39 is 0 Å². The second kappa shape index (κ2) is 16.8. The van der Waals surface area contributed by atoms with Gasteiger partial charge in [-0.3, -0.25) is 0 Å². The van der Waals surface area contributed by atoms with Crippen molar-refractivity contribution < 1.29 is 0 Å². The van der Waals surface area contributed by atoms with Gasteiger partial charge in [0.25, 0.3) is 0 Å². The Bertz CT molecular complexity index is 3880. The van der Waals surface area contributed by atoms with E-state index >= 15 is 0 Å². The van der Waals surface area contributed by atoms with Crippen molar-refractivity contribution in [1.82, 2.24) is 15.0 Å². The van der Waals surface area contributed by atoms with Crippen LogP contribution in [0, 0.1) is 22.7 Å². The van der Waals surface area contributed by atoms with Gasteiger partial charge in [0.1, 0.15) is 6.07 Å². The lowest BCUT2D eigenvalue weighted by Crippen LogP contribution is -2.00. The van der Waals surface area contributed by atoms with Crippen molar-refractivity contribution >= 4 is 10.8 Å². The summed E-state index contributed by atoms with van der Waals surface area (Å²) < 4.78 is 0. The lowest BCUT2D eigenvalue weighted by molar-refractivity contribution is 1.07. The molecule has 0 fully saturated rings. The molecule has 5 heteroatoms. The second-order valence-corrected chi connectivity index (χ2v) is 17.0. The third kappa shape index (κ3) is 7.09. The summed E-state index contributed by atoms with van der Waals surface area (Å²) in [5, 5.41) is 22.8. The van der Waals surface area contributed by atoms with Crippen molar-refractivity contribution in [3.63, 3.8) is 0 Å². The Hall–Kier alpha value is -9.55. The molecule has 5 nitrogen and oxygen atoms in total. The summed E-state index contributed by atoms with van der Waals surface area (Å²) >= 11 is 0. The van der Waals surface area contributed by atoms with E-state index in [0.717, 1.165) is 66.8 Å². The summed E-state index contributed by atoms with van der Waals surface area (Å²) in [6, 6.07) is 81.6. The number of rotatable bonds is 8. The Morgan fingerprint density at radius 1 is 0.279 bits per heavy atom. The van der Waals surface area contributed by atoms with E-state index in [0.29, 0.717) is 28.6 Å². The van der Waals surface area contributed by atoms with Crippen LogP contribution in [0.15, 0.2) is 224 Å². The fourth-order valence-corrected chi connectivity index (χ4v) is 9.70. The Kier molecular flexibility index (Phi) is 9.87. The molecule has 1 aromatic heterocycles. The maximum atomic E-state index is 10.9. The lowest BCUT2D eigenvalue weighted by atomic mass is 9.88. The quantitative estimate of drug-likeness (QED) is 0.152. The number of hydrogen-bond acceptors (Lipinski definition) is 5. The number of fused-ring (bicyclic) bond motifs is 3. The van der Waals surface area contributed by atoms with Gasteiger partial charge in [-0.15, -0.1) is 0 Å². The number of hydrogen-bond donors (Lipinski definition) is 0. The van der Waals surface area contributed by atoms with Crippen molar-refractivity contribution in [2.24, 2.45) is 0 Å². The fraction of sp³-hybridized carbons (Fsp3) is 0. The number of nitrogens with zero attached hydrogens (tertiary/aromatic N) is 5. The minimum atomic E-state index is 0.555. The van der Waals surface area contributed by atoms with E-state index in [-0.39, 0.29) is 0 Å². The van der Waals surface area contributed by atoms with Crippen molar-refractivity contribution in [2.45, 2.75) is 0 Å². The highest BCUT2D eigenvalue weighted by atomic mass is 15.0. The van der Waals surface area contributed by atoms with Crippen LogP contribution in [-0.4, -0.2) is 15.0 Å². The van der Waals surface area contributed by atoms with Crippen molar-refractivity contribution in [3.05, 3.63) is 236 Å². The molecule has 1 aliphatic rings. The molecular formula is C63H37N5. The minimum absolute atomic E-state index is 0.555. The molecule has 0 saturated heterocycles. The summed E-state index contributed by atoms with van der Waals surface area (Å²) in [5.74, 6) is 1.69. The van der Waals surface area contributed by atoms with Crippen LogP contribution >= 0.6 is 0 Å². The normalized spacial score (nSPS) is 11.2. The van der Waals surface area contributed by atoms with Gasteiger partial charge in [0.2, 0.25) is 0 Å². The minimum Gasteiger partial charge on any atom is -0.208 e. The average Bonchev–Trinajstić information content (AvgIpc) is 3.76. The summed E-state index contributed by atoms with van der Waals surface area (Å²) in [4.78, 5) is 15.1. The number of benzene rings is 10. The monoisotopic (exact) mass is 863 g/mol. The van der Waals surface area contributed by atoms with Crippen LogP contribution in [0.25, 0.3) is 123 Å². The highest BCUT2D eigenvalue weighted by molar-refractivity contribution is 6.19. The van der Waals surface area contributed by atoms with Gasteiger partial charge in [-0.05, 0) is 114 Å². The van der Waals surface area contributed by atoms with Crippen molar-refractivity contribution in [1.29, 1.82) is 10.5 Å². The maximum absolute atomic E-state index is 10.9. The van der Waals surface area contributed by atoms with Gasteiger partial charge < -0.3 is 0 Å². The Morgan fingerprint density at radius 3 is 1.34 bits per heavy atom. The molecule has 0 aliphatic heterocycles. The molecule has 0 amide bonds. The van der Waals surface area contributed by atoms with E-state index in [1.165, 1.54) is 38.6 Å². The van der Waals surface area contributed by atoms with Crippen LogP contribution in [0.2, 0.25) is 0 Å². The highest BCUT2D eigenvalue weighted by Gasteiger charge is 2.24. The molecule has 0 saturated carbocycles. The average molecular weight is 864 g/mol. The molecule has 0 radical (unpaired) electrons. The fourth-order valence-electron chi connectivity index (χ4n) is 9.70. The van der Waals surface area contributed by atoms with Crippen LogP contribution < -0.4 is 0 Å². The molecule has 10 aromatic carbocycles. The molecule has 12 rings (SSSR count). The molecular weight excluding hydrogens is 827 g/mol. The third-order valence-electron chi connectivity index (χ3n) is 13.0. The Labute approximate surface area is 394 Å². The first kappa shape index (κ1) is 40.0. The number of aromatic nitrogens is 3. The maximum Gasteiger partial charge on any atom is 0.164 e. The smallest absolute Gasteiger partial charge is 0.164 e. The van der Waals surface area contributed by atoms with Crippen LogP contribution in [0.1, 0.15) is 11.1 Å². The molecule has 0 unspecified atom stereocenters. The van der Waals surface area contributed by atoms with E-state index in [2.05, 4.69) is 140 Å². The lowest BCUT2D eigenvalue weighted by Gasteiger charge is -2.14. The first-order valence-corrected chi connectivity index (χ1v) is 22.5. The van der Waals surface area contributed by atoms with Crippen molar-refractivity contribution in [3.8, 4) is 124 Å². The second-order valence-electron chi connectivity index (χ2n) is 17.0. The first-order valence-electron chi connectivity index (χ1n) is 22.5. The first-order chi connectivity index (χ1) is 33.6. The molecule has 0 bridgehead atoms. The molecule has 11 aromatic rings. The van der Waals surface area contributed by atoms with Crippen LogP contribution in [-0.2, 0) is 0 Å². The zero-order valence-electron chi connectivity index (χ0n) is 36.6. The Morgan fingerprint density at radius 2 is 0.721 bits per heavy atom. The van der Waals surface area contributed by atoms with Gasteiger partial charge in [0.05, 0.1) is 17.2 Å². The highest BCUT2D eigenvalue weighted by Crippen LogP contribution is 2.51. The molecule has 1 aliphatic carbocycles. The SMILES string of the molecule is N#Cc1ccc(-c2cccc(-c3nc(-c4ccccc4)nc(-c4cccc(-c5cccc(-c6cccc(-c7cccc(-c8ccc9cccc%10c9c8-c8ccccc8-%10)c7)c6C#N)c5)c4)n3)c2)cc1. The summed E-state index contributed by atoms with van der Waals surface area (Å²) in [6.07, 6.45) is 0.